The van der Waals surface area contributed by atoms with Crippen molar-refractivity contribution in [2.75, 3.05) is 39.0 Å². The number of amides is 1. The van der Waals surface area contributed by atoms with Crippen LogP contribution in [0.1, 0.15) is 31.9 Å². The van der Waals surface area contributed by atoms with Gasteiger partial charge in [0.15, 0.2) is 5.15 Å². The number of hydrogen-bond donors (Lipinski definition) is 1. The van der Waals surface area contributed by atoms with Gasteiger partial charge in [0.05, 0.1) is 19.2 Å². The Bertz CT molecular complexity index is 1180. The van der Waals surface area contributed by atoms with Crippen LogP contribution in [0.15, 0.2) is 30.5 Å². The lowest BCUT2D eigenvalue weighted by Gasteiger charge is -2.35. The van der Waals surface area contributed by atoms with Gasteiger partial charge in [-0.3, -0.25) is 4.90 Å². The molecule has 1 amide bonds. The van der Waals surface area contributed by atoms with Crippen molar-refractivity contribution in [2.24, 2.45) is 0 Å². The van der Waals surface area contributed by atoms with Crippen LogP contribution in [0.4, 0.5) is 10.7 Å². The molecule has 0 bridgehead atoms. The van der Waals surface area contributed by atoms with Gasteiger partial charge in [-0.05, 0) is 44.5 Å². The molecule has 3 aromatic rings. The van der Waals surface area contributed by atoms with E-state index in [1.54, 1.807) is 12.0 Å². The normalized spacial score (nSPS) is 15.0. The molecular weight excluding hydrogens is 456 g/mol. The average molecular weight is 487 g/mol. The van der Waals surface area contributed by atoms with Crippen LogP contribution in [0, 0.1) is 0 Å². The summed E-state index contributed by atoms with van der Waals surface area (Å²) in [5.41, 5.74) is 8.88. The fraction of sp³-hybridized carbons (Fsp3) is 0.458. The maximum absolute atomic E-state index is 12.3. The molecule has 34 heavy (non-hydrogen) atoms. The molecule has 182 valence electrons. The van der Waals surface area contributed by atoms with Crippen molar-refractivity contribution in [2.45, 2.75) is 39.5 Å². The monoisotopic (exact) mass is 486 g/mol. The van der Waals surface area contributed by atoms with Gasteiger partial charge in [-0.15, -0.1) is 0 Å². The van der Waals surface area contributed by atoms with Gasteiger partial charge in [-0.2, -0.15) is 4.98 Å². The van der Waals surface area contributed by atoms with E-state index in [0.717, 1.165) is 36.5 Å². The number of anilines is 1. The first-order valence-corrected chi connectivity index (χ1v) is 11.6. The molecule has 2 aromatic heterocycles. The van der Waals surface area contributed by atoms with Crippen LogP contribution in [0.5, 0.6) is 5.75 Å². The molecule has 1 aliphatic rings. The van der Waals surface area contributed by atoms with Crippen molar-refractivity contribution in [1.29, 1.82) is 0 Å². The highest BCUT2D eigenvalue weighted by atomic mass is 35.5. The minimum absolute atomic E-state index is 0.154. The Balaban J connectivity index is 1.45. The largest absolute Gasteiger partial charge is 0.496 e. The molecule has 0 aliphatic carbocycles. The minimum atomic E-state index is -0.484. The number of nitrogens with two attached hydrogens (primary N) is 1. The van der Waals surface area contributed by atoms with Crippen molar-refractivity contribution in [1.82, 2.24) is 24.3 Å². The average Bonchev–Trinajstić information content (AvgIpc) is 3.16. The summed E-state index contributed by atoms with van der Waals surface area (Å²) in [7, 11) is 1.67. The highest BCUT2D eigenvalue weighted by molar-refractivity contribution is 6.33. The highest BCUT2D eigenvalue weighted by Crippen LogP contribution is 2.27. The van der Waals surface area contributed by atoms with Crippen LogP contribution in [0.2, 0.25) is 5.15 Å². The lowest BCUT2D eigenvalue weighted by Crippen LogP contribution is -2.49. The number of aromatic nitrogens is 3. The Hall–Kier alpha value is -3.04. The van der Waals surface area contributed by atoms with E-state index in [2.05, 4.69) is 27.0 Å². The predicted molar refractivity (Wildman–Crippen MR) is 132 cm³/mol. The molecule has 0 atom stereocenters. The van der Waals surface area contributed by atoms with Gasteiger partial charge in [0.2, 0.25) is 5.95 Å². The maximum Gasteiger partial charge on any atom is 0.410 e. The molecule has 0 saturated carbocycles. The van der Waals surface area contributed by atoms with Crippen molar-refractivity contribution in [3.05, 3.63) is 46.7 Å². The van der Waals surface area contributed by atoms with E-state index >= 15 is 0 Å². The molecule has 1 saturated heterocycles. The molecule has 3 heterocycles. The molecule has 1 aromatic carbocycles. The summed E-state index contributed by atoms with van der Waals surface area (Å²) in [5.74, 6) is 0.953. The molecule has 9 nitrogen and oxygen atoms in total. The maximum atomic E-state index is 12.3. The second kappa shape index (κ2) is 9.68. The lowest BCUT2D eigenvalue weighted by atomic mass is 10.1. The first kappa shape index (κ1) is 24.1. The number of methoxy groups -OCH3 is 1. The molecule has 10 heteroatoms. The van der Waals surface area contributed by atoms with E-state index in [9.17, 15) is 4.79 Å². The van der Waals surface area contributed by atoms with Gasteiger partial charge in [-0.25, -0.2) is 9.78 Å². The number of rotatable bonds is 5. The Morgan fingerprint density at radius 1 is 1.12 bits per heavy atom. The number of hydrogen-bond acceptors (Lipinski definition) is 7. The molecule has 1 fully saturated rings. The topological polar surface area (TPSA) is 98.7 Å². The summed E-state index contributed by atoms with van der Waals surface area (Å²) in [6.07, 6.45) is 1.68. The zero-order valence-electron chi connectivity index (χ0n) is 20.0. The first-order chi connectivity index (χ1) is 16.1. The summed E-state index contributed by atoms with van der Waals surface area (Å²) in [6.45, 7) is 9.87. The zero-order valence-corrected chi connectivity index (χ0v) is 20.8. The van der Waals surface area contributed by atoms with Gasteiger partial charge < -0.3 is 24.7 Å². The number of nitrogen functional groups attached to an aromatic ring is 1. The highest BCUT2D eigenvalue weighted by Gasteiger charge is 2.26. The van der Waals surface area contributed by atoms with E-state index in [1.807, 2.05) is 43.7 Å². The lowest BCUT2D eigenvalue weighted by molar-refractivity contribution is 0.0139. The van der Waals surface area contributed by atoms with E-state index < -0.39 is 5.60 Å². The molecule has 0 radical (unpaired) electrons. The summed E-state index contributed by atoms with van der Waals surface area (Å²) >= 11 is 6.35. The minimum Gasteiger partial charge on any atom is -0.496 e. The number of halogens is 1. The third-order valence-corrected chi connectivity index (χ3v) is 5.96. The summed E-state index contributed by atoms with van der Waals surface area (Å²) in [5, 5.41) is 0.325. The number of carbonyl (C=O) groups excluding carboxylic acids is 1. The van der Waals surface area contributed by atoms with Crippen molar-refractivity contribution in [3.8, 4) is 5.75 Å². The van der Waals surface area contributed by atoms with Crippen LogP contribution >= 0.6 is 11.6 Å². The fourth-order valence-electron chi connectivity index (χ4n) is 4.12. The SMILES string of the molecule is COc1ccc(CN2CCN(C(=O)OC(C)(C)C)CC2)cc1Cn1ccc2nc(N)nc(Cl)c21. The van der Waals surface area contributed by atoms with Crippen LogP contribution in [-0.2, 0) is 17.8 Å². The molecule has 0 spiro atoms. The Kier molecular flexibility index (Phi) is 6.86. The van der Waals surface area contributed by atoms with Gasteiger partial charge in [0, 0.05) is 44.5 Å². The van der Waals surface area contributed by atoms with Crippen LogP contribution in [-0.4, -0.2) is 69.3 Å². The molecule has 0 unspecified atom stereocenters. The van der Waals surface area contributed by atoms with Crippen molar-refractivity contribution in [3.63, 3.8) is 0 Å². The summed E-state index contributed by atoms with van der Waals surface area (Å²) < 4.78 is 13.1. The van der Waals surface area contributed by atoms with Crippen LogP contribution < -0.4 is 10.5 Å². The Labute approximate surface area is 204 Å². The number of fused-ring (bicyclic) bond motifs is 1. The number of nitrogens with zero attached hydrogens (tertiary/aromatic N) is 5. The van der Waals surface area contributed by atoms with E-state index in [4.69, 9.17) is 26.8 Å². The fourth-order valence-corrected chi connectivity index (χ4v) is 4.41. The van der Waals surface area contributed by atoms with E-state index in [-0.39, 0.29) is 12.0 Å². The van der Waals surface area contributed by atoms with Gasteiger partial charge >= 0.3 is 6.09 Å². The second-order valence-electron chi connectivity index (χ2n) is 9.44. The molecular formula is C24H31ClN6O3. The third kappa shape index (κ3) is 5.53. The summed E-state index contributed by atoms with van der Waals surface area (Å²) in [4.78, 5) is 24.8. The Morgan fingerprint density at radius 3 is 2.53 bits per heavy atom. The standard InChI is InChI=1S/C24H31ClN6O3/c1-24(2,3)34-23(32)30-11-9-29(10-12-30)14-16-5-6-19(33-4)17(13-16)15-31-8-7-18-20(31)21(25)28-22(26)27-18/h5-8,13H,9-12,14-15H2,1-4H3,(H2,26,27,28). The number of carbonyl (C=O) groups is 1. The van der Waals surface area contributed by atoms with Crippen LogP contribution in [0.25, 0.3) is 11.0 Å². The summed E-state index contributed by atoms with van der Waals surface area (Å²) in [6, 6.07) is 8.09. The smallest absolute Gasteiger partial charge is 0.410 e. The third-order valence-electron chi connectivity index (χ3n) is 5.70. The molecule has 2 N–H and O–H groups in total. The second-order valence-corrected chi connectivity index (χ2v) is 9.80. The van der Waals surface area contributed by atoms with E-state index in [0.29, 0.717) is 30.3 Å². The van der Waals surface area contributed by atoms with E-state index in [1.165, 1.54) is 5.56 Å². The number of ether oxygens (including phenoxy) is 2. The Morgan fingerprint density at radius 2 is 1.85 bits per heavy atom. The quantitative estimate of drug-likeness (QED) is 0.548. The van der Waals surface area contributed by atoms with Crippen molar-refractivity contribution >= 4 is 34.7 Å². The van der Waals surface area contributed by atoms with Crippen molar-refractivity contribution < 1.29 is 14.3 Å². The van der Waals surface area contributed by atoms with Gasteiger partial charge in [0.1, 0.15) is 16.9 Å². The number of benzene rings is 1. The van der Waals surface area contributed by atoms with Crippen LogP contribution in [0.3, 0.4) is 0 Å². The zero-order chi connectivity index (χ0) is 24.5. The number of piperazine rings is 1. The van der Waals surface area contributed by atoms with Gasteiger partial charge in [0.25, 0.3) is 0 Å². The first-order valence-electron chi connectivity index (χ1n) is 11.3. The predicted octanol–water partition coefficient (Wildman–Crippen LogP) is 3.78. The molecule has 4 rings (SSSR count). The molecule has 1 aliphatic heterocycles. The van der Waals surface area contributed by atoms with Gasteiger partial charge in [-0.1, -0.05) is 17.7 Å².